The van der Waals surface area contributed by atoms with Gasteiger partial charge in [0.15, 0.2) is 0 Å². The highest BCUT2D eigenvalue weighted by Gasteiger charge is 2.38. The first kappa shape index (κ1) is 15.4. The third-order valence-electron chi connectivity index (χ3n) is 3.58. The minimum Gasteiger partial charge on any atom is -0.325 e. The minimum absolute atomic E-state index is 0.0237. The molecule has 1 atom stereocenters. The summed E-state index contributed by atoms with van der Waals surface area (Å²) in [6.07, 6.45) is -5.01. The number of hydrogen-bond donors (Lipinski definition) is 1. The van der Waals surface area contributed by atoms with Gasteiger partial charge in [-0.3, -0.25) is 4.79 Å². The third kappa shape index (κ3) is 3.00. The fourth-order valence-electron chi connectivity index (χ4n) is 2.24. The lowest BCUT2D eigenvalue weighted by molar-refractivity contribution is -0.135. The van der Waals surface area contributed by atoms with Gasteiger partial charge >= 0.3 is 6.18 Å². The van der Waals surface area contributed by atoms with Crippen molar-refractivity contribution < 1.29 is 18.0 Å². The highest BCUT2D eigenvalue weighted by atomic mass is 79.9. The maximum absolute atomic E-state index is 12.3. The zero-order chi connectivity index (χ0) is 15.1. The van der Waals surface area contributed by atoms with Crippen molar-refractivity contribution in [3.8, 4) is 0 Å². The molecule has 1 heterocycles. The summed E-state index contributed by atoms with van der Waals surface area (Å²) in [4.78, 5) is 11.4. The van der Waals surface area contributed by atoms with Gasteiger partial charge < -0.3 is 5.32 Å². The van der Waals surface area contributed by atoms with Gasteiger partial charge in [0.25, 0.3) is 0 Å². The Morgan fingerprint density at radius 1 is 1.35 bits per heavy atom. The first-order chi connectivity index (χ1) is 9.11. The largest absolute Gasteiger partial charge is 0.389 e. The minimum atomic E-state index is -4.15. The zero-order valence-corrected chi connectivity index (χ0v) is 12.7. The van der Waals surface area contributed by atoms with Crippen LogP contribution in [0.4, 0.5) is 18.9 Å². The molecule has 2 rings (SSSR count). The number of halogens is 4. The molecule has 0 bridgehead atoms. The Balaban J connectivity index is 2.20. The number of carbonyl (C=O) groups excluding carboxylic acids is 1. The molecule has 6 heteroatoms. The van der Waals surface area contributed by atoms with Crippen LogP contribution in [-0.2, 0) is 10.2 Å². The highest BCUT2D eigenvalue weighted by molar-refractivity contribution is 9.09. The van der Waals surface area contributed by atoms with Gasteiger partial charge in [0.05, 0.1) is 5.41 Å². The van der Waals surface area contributed by atoms with Crippen molar-refractivity contribution in [2.45, 2.75) is 43.1 Å². The molecule has 20 heavy (non-hydrogen) atoms. The van der Waals surface area contributed by atoms with E-state index in [2.05, 4.69) is 21.2 Å². The summed E-state index contributed by atoms with van der Waals surface area (Å²) in [5.74, 6) is -0.0916. The van der Waals surface area contributed by atoms with Crippen LogP contribution in [0.5, 0.6) is 0 Å². The van der Waals surface area contributed by atoms with Crippen LogP contribution in [0.1, 0.15) is 42.6 Å². The van der Waals surface area contributed by atoms with Gasteiger partial charge in [-0.15, -0.1) is 0 Å². The third-order valence-corrected chi connectivity index (χ3v) is 4.56. The summed E-state index contributed by atoms with van der Waals surface area (Å²) in [7, 11) is 0. The zero-order valence-electron chi connectivity index (χ0n) is 11.1. The van der Waals surface area contributed by atoms with Crippen molar-refractivity contribution in [3.05, 3.63) is 29.3 Å². The summed E-state index contributed by atoms with van der Waals surface area (Å²) in [6, 6.07) is 5.30. The van der Waals surface area contributed by atoms with Crippen molar-refractivity contribution in [2.24, 2.45) is 0 Å². The molecule has 0 aliphatic carbocycles. The molecule has 2 nitrogen and oxygen atoms in total. The number of amides is 1. The second kappa shape index (κ2) is 5.06. The van der Waals surface area contributed by atoms with Crippen molar-refractivity contribution in [2.75, 3.05) is 5.32 Å². The molecule has 1 unspecified atom stereocenters. The Kier molecular flexibility index (Phi) is 3.88. The molecule has 0 radical (unpaired) electrons. The van der Waals surface area contributed by atoms with E-state index in [4.69, 9.17) is 0 Å². The normalized spacial score (nSPS) is 18.6. The Bertz CT molecular complexity index is 540. The van der Waals surface area contributed by atoms with Crippen molar-refractivity contribution in [1.29, 1.82) is 0 Å². The molecule has 0 aromatic heterocycles. The first-order valence-electron chi connectivity index (χ1n) is 6.28. The van der Waals surface area contributed by atoms with Crippen molar-refractivity contribution in [3.63, 3.8) is 0 Å². The Morgan fingerprint density at radius 3 is 2.60 bits per heavy atom. The molecule has 1 aliphatic rings. The van der Waals surface area contributed by atoms with Crippen LogP contribution < -0.4 is 5.32 Å². The standard InChI is InChI=1S/C14H15BrF3NO/c1-13(2)9-7-8(3-4-11(9)19-12(13)20)10(15)5-6-14(16,17)18/h3-4,7,10H,5-6H2,1-2H3,(H,19,20). The van der Waals surface area contributed by atoms with E-state index < -0.39 is 18.0 Å². The molecule has 1 aromatic rings. The molecule has 0 saturated heterocycles. The number of nitrogens with one attached hydrogen (secondary N) is 1. The predicted molar refractivity (Wildman–Crippen MR) is 75.1 cm³/mol. The second-order valence-corrected chi connectivity index (χ2v) is 6.61. The number of alkyl halides is 4. The number of anilines is 1. The summed E-state index contributed by atoms with van der Waals surface area (Å²) >= 11 is 3.29. The molecule has 1 N–H and O–H groups in total. The van der Waals surface area contributed by atoms with Crippen LogP contribution in [0.25, 0.3) is 0 Å². The quantitative estimate of drug-likeness (QED) is 0.787. The Hall–Kier alpha value is -1.04. The second-order valence-electron chi connectivity index (χ2n) is 5.51. The van der Waals surface area contributed by atoms with Crippen molar-refractivity contribution >= 4 is 27.5 Å². The van der Waals surface area contributed by atoms with E-state index in [9.17, 15) is 18.0 Å². The fraction of sp³-hybridized carbons (Fsp3) is 0.500. The molecule has 0 spiro atoms. The maximum atomic E-state index is 12.3. The number of hydrogen-bond acceptors (Lipinski definition) is 1. The van der Waals surface area contributed by atoms with Gasteiger partial charge in [0.1, 0.15) is 0 Å². The average Bonchev–Trinajstić information content (AvgIpc) is 2.56. The van der Waals surface area contributed by atoms with Crippen LogP contribution in [0, 0.1) is 0 Å². The molecule has 0 saturated carbocycles. The number of rotatable bonds is 3. The Labute approximate surface area is 123 Å². The summed E-state index contributed by atoms with van der Waals surface area (Å²) in [6.45, 7) is 3.60. The predicted octanol–water partition coefficient (Wildman–Crippen LogP) is 4.69. The van der Waals surface area contributed by atoms with Gasteiger partial charge in [-0.25, -0.2) is 0 Å². The highest BCUT2D eigenvalue weighted by Crippen LogP contribution is 2.41. The lowest BCUT2D eigenvalue weighted by Crippen LogP contribution is -2.26. The van der Waals surface area contributed by atoms with E-state index in [1.807, 2.05) is 6.07 Å². The molecule has 1 aromatic carbocycles. The molecule has 1 amide bonds. The molecular weight excluding hydrogens is 335 g/mol. The van der Waals surface area contributed by atoms with Gasteiger partial charge in [-0.1, -0.05) is 28.1 Å². The summed E-state index contributed by atoms with van der Waals surface area (Å²) in [5, 5.41) is 2.78. The van der Waals surface area contributed by atoms with Crippen LogP contribution >= 0.6 is 15.9 Å². The molecule has 1 aliphatic heterocycles. The first-order valence-corrected chi connectivity index (χ1v) is 7.19. The van der Waals surface area contributed by atoms with Gasteiger partial charge in [0.2, 0.25) is 5.91 Å². The number of carbonyl (C=O) groups is 1. The number of benzene rings is 1. The van der Waals surface area contributed by atoms with E-state index in [0.717, 1.165) is 16.8 Å². The van der Waals surface area contributed by atoms with Gasteiger partial charge in [-0.05, 0) is 37.5 Å². The fourth-order valence-corrected chi connectivity index (χ4v) is 2.75. The van der Waals surface area contributed by atoms with Gasteiger partial charge in [0, 0.05) is 16.9 Å². The van der Waals surface area contributed by atoms with Crippen LogP contribution in [0.2, 0.25) is 0 Å². The average molecular weight is 350 g/mol. The monoisotopic (exact) mass is 349 g/mol. The molecular formula is C14H15BrF3NO. The van der Waals surface area contributed by atoms with E-state index in [0.29, 0.717) is 0 Å². The molecule has 0 fully saturated rings. The SMILES string of the molecule is CC1(C)C(=O)Nc2ccc(C(Br)CCC(F)(F)F)cc21. The van der Waals surface area contributed by atoms with E-state index >= 15 is 0 Å². The van der Waals surface area contributed by atoms with Crippen LogP contribution in [0.15, 0.2) is 18.2 Å². The van der Waals surface area contributed by atoms with Crippen LogP contribution in [-0.4, -0.2) is 12.1 Å². The molecule has 110 valence electrons. The smallest absolute Gasteiger partial charge is 0.325 e. The lowest BCUT2D eigenvalue weighted by atomic mass is 9.85. The van der Waals surface area contributed by atoms with Crippen molar-refractivity contribution in [1.82, 2.24) is 0 Å². The van der Waals surface area contributed by atoms with E-state index in [1.165, 1.54) is 0 Å². The maximum Gasteiger partial charge on any atom is 0.389 e. The number of fused-ring (bicyclic) bond motifs is 1. The van der Waals surface area contributed by atoms with E-state index in [1.54, 1.807) is 26.0 Å². The van der Waals surface area contributed by atoms with Crippen LogP contribution in [0.3, 0.4) is 0 Å². The summed E-state index contributed by atoms with van der Waals surface area (Å²) < 4.78 is 36.8. The topological polar surface area (TPSA) is 29.1 Å². The lowest BCUT2D eigenvalue weighted by Gasteiger charge is -2.18. The Morgan fingerprint density at radius 2 is 2.00 bits per heavy atom. The van der Waals surface area contributed by atoms with Gasteiger partial charge in [-0.2, -0.15) is 13.2 Å². The van der Waals surface area contributed by atoms with E-state index in [-0.39, 0.29) is 17.2 Å². The summed E-state index contributed by atoms with van der Waals surface area (Å²) in [5.41, 5.74) is 1.68.